The second-order valence-electron chi connectivity index (χ2n) is 5.88. The van der Waals surface area contributed by atoms with Crippen molar-refractivity contribution < 1.29 is 4.52 Å². The van der Waals surface area contributed by atoms with Gasteiger partial charge in [0.25, 0.3) is 5.89 Å². The van der Waals surface area contributed by atoms with Crippen LogP contribution in [0, 0.1) is 0 Å². The summed E-state index contributed by atoms with van der Waals surface area (Å²) in [6, 6.07) is 5.31. The quantitative estimate of drug-likeness (QED) is 0.940. The molecule has 4 heterocycles. The second-order valence-corrected chi connectivity index (χ2v) is 6.82. The number of hydrogen-bond donors (Lipinski definition) is 1. The maximum Gasteiger partial charge on any atom is 0.268 e. The van der Waals surface area contributed by atoms with Crippen LogP contribution in [0.1, 0.15) is 31.5 Å². The molecule has 0 bridgehead atoms. The Morgan fingerprint density at radius 1 is 1.38 bits per heavy atom. The van der Waals surface area contributed by atoms with Crippen LogP contribution >= 0.6 is 11.3 Å². The maximum atomic E-state index is 5.39. The Bertz CT molecular complexity index is 576. The van der Waals surface area contributed by atoms with Crippen molar-refractivity contribution in [3.63, 3.8) is 0 Å². The van der Waals surface area contributed by atoms with Crippen LogP contribution in [0.25, 0.3) is 10.8 Å². The Morgan fingerprint density at radius 2 is 2.38 bits per heavy atom. The van der Waals surface area contributed by atoms with E-state index in [-0.39, 0.29) is 0 Å². The van der Waals surface area contributed by atoms with Gasteiger partial charge < -0.3 is 9.84 Å². The summed E-state index contributed by atoms with van der Waals surface area (Å²) in [6.07, 6.45) is 5.17. The molecule has 2 aliphatic rings. The summed E-state index contributed by atoms with van der Waals surface area (Å²) in [5, 5.41) is 9.82. The first-order valence-corrected chi connectivity index (χ1v) is 8.62. The minimum absolute atomic E-state index is 0.635. The van der Waals surface area contributed by atoms with Gasteiger partial charge in [0.1, 0.15) is 0 Å². The van der Waals surface area contributed by atoms with E-state index in [0.29, 0.717) is 18.0 Å². The molecular weight excluding hydrogens is 284 g/mol. The predicted octanol–water partition coefficient (Wildman–Crippen LogP) is 2.51. The first kappa shape index (κ1) is 13.4. The van der Waals surface area contributed by atoms with Crippen molar-refractivity contribution in [2.45, 2.75) is 44.3 Å². The highest BCUT2D eigenvalue weighted by molar-refractivity contribution is 7.13. The summed E-state index contributed by atoms with van der Waals surface area (Å²) in [4.78, 5) is 8.11. The average molecular weight is 304 g/mol. The highest BCUT2D eigenvalue weighted by Gasteiger charge is 2.33. The fourth-order valence-electron chi connectivity index (χ4n) is 3.54. The second kappa shape index (κ2) is 5.87. The van der Waals surface area contributed by atoms with Crippen LogP contribution in [-0.4, -0.2) is 40.2 Å². The van der Waals surface area contributed by atoms with Crippen molar-refractivity contribution in [3.05, 3.63) is 23.3 Å². The van der Waals surface area contributed by atoms with E-state index in [2.05, 4.69) is 20.4 Å². The summed E-state index contributed by atoms with van der Waals surface area (Å²) in [7, 11) is 0. The average Bonchev–Trinajstić information content (AvgIpc) is 3.28. The zero-order valence-corrected chi connectivity index (χ0v) is 12.8. The monoisotopic (exact) mass is 304 g/mol. The summed E-state index contributed by atoms with van der Waals surface area (Å²) >= 11 is 1.63. The van der Waals surface area contributed by atoms with Crippen molar-refractivity contribution in [1.29, 1.82) is 0 Å². The molecule has 2 aliphatic heterocycles. The maximum absolute atomic E-state index is 5.39. The number of nitrogens with zero attached hydrogens (tertiary/aromatic N) is 3. The lowest BCUT2D eigenvalue weighted by Crippen LogP contribution is -2.43. The third kappa shape index (κ3) is 2.75. The van der Waals surface area contributed by atoms with Gasteiger partial charge in [-0.2, -0.15) is 4.98 Å². The molecule has 2 aromatic heterocycles. The predicted molar refractivity (Wildman–Crippen MR) is 82.1 cm³/mol. The van der Waals surface area contributed by atoms with Crippen LogP contribution in [0.4, 0.5) is 0 Å². The van der Waals surface area contributed by atoms with Crippen LogP contribution in [0.2, 0.25) is 0 Å². The fourth-order valence-corrected chi connectivity index (χ4v) is 4.19. The van der Waals surface area contributed by atoms with Crippen molar-refractivity contribution in [3.8, 4) is 10.8 Å². The molecule has 112 valence electrons. The zero-order chi connectivity index (χ0) is 14.1. The summed E-state index contributed by atoms with van der Waals surface area (Å²) < 4.78 is 5.39. The van der Waals surface area contributed by atoms with Crippen LogP contribution < -0.4 is 5.32 Å². The van der Waals surface area contributed by atoms with Gasteiger partial charge in [-0.1, -0.05) is 11.2 Å². The van der Waals surface area contributed by atoms with E-state index < -0.39 is 0 Å². The van der Waals surface area contributed by atoms with Gasteiger partial charge in [-0.25, -0.2) is 0 Å². The normalized spacial score (nSPS) is 26.7. The number of rotatable bonds is 4. The number of likely N-dealkylation sites (tertiary alicyclic amines) is 1. The molecule has 6 heteroatoms. The highest BCUT2D eigenvalue weighted by Crippen LogP contribution is 2.27. The van der Waals surface area contributed by atoms with E-state index in [1.165, 1.54) is 32.2 Å². The summed E-state index contributed by atoms with van der Waals surface area (Å²) in [6.45, 7) is 3.11. The Balaban J connectivity index is 1.45. The molecule has 0 radical (unpaired) electrons. The van der Waals surface area contributed by atoms with Crippen LogP contribution in [0.5, 0.6) is 0 Å². The first-order chi connectivity index (χ1) is 10.4. The van der Waals surface area contributed by atoms with E-state index in [4.69, 9.17) is 4.52 Å². The van der Waals surface area contributed by atoms with Gasteiger partial charge in [0.05, 0.1) is 11.4 Å². The molecule has 21 heavy (non-hydrogen) atoms. The lowest BCUT2D eigenvalue weighted by Gasteiger charge is -2.28. The van der Waals surface area contributed by atoms with E-state index in [0.717, 1.165) is 23.8 Å². The zero-order valence-electron chi connectivity index (χ0n) is 12.0. The lowest BCUT2D eigenvalue weighted by atomic mass is 10.0. The van der Waals surface area contributed by atoms with Crippen molar-refractivity contribution >= 4 is 11.3 Å². The largest absolute Gasteiger partial charge is 0.333 e. The van der Waals surface area contributed by atoms with E-state index in [9.17, 15) is 0 Å². The van der Waals surface area contributed by atoms with E-state index in [1.807, 2.05) is 17.5 Å². The van der Waals surface area contributed by atoms with E-state index in [1.54, 1.807) is 11.3 Å². The van der Waals surface area contributed by atoms with Gasteiger partial charge in [-0.15, -0.1) is 11.3 Å². The number of aromatic nitrogens is 2. The molecule has 2 unspecified atom stereocenters. The molecule has 2 atom stereocenters. The molecule has 0 aromatic carbocycles. The first-order valence-electron chi connectivity index (χ1n) is 7.74. The molecule has 4 rings (SSSR count). The third-order valence-corrected chi connectivity index (χ3v) is 5.38. The van der Waals surface area contributed by atoms with Gasteiger partial charge in [0, 0.05) is 12.1 Å². The summed E-state index contributed by atoms with van der Waals surface area (Å²) in [5.74, 6) is 1.46. The number of hydrogen-bond acceptors (Lipinski definition) is 6. The van der Waals surface area contributed by atoms with Crippen LogP contribution in [0.3, 0.4) is 0 Å². The SMILES string of the molecule is c1csc(-c2nc(CN3CCCC3C3CCCN3)no2)c1. The smallest absolute Gasteiger partial charge is 0.268 e. The highest BCUT2D eigenvalue weighted by atomic mass is 32.1. The van der Waals surface area contributed by atoms with Crippen molar-refractivity contribution in [1.82, 2.24) is 20.4 Å². The molecule has 0 aliphatic carbocycles. The van der Waals surface area contributed by atoms with Crippen LogP contribution in [-0.2, 0) is 6.54 Å². The Labute approximate surface area is 128 Å². The minimum Gasteiger partial charge on any atom is -0.333 e. The third-order valence-electron chi connectivity index (χ3n) is 4.52. The molecule has 0 spiro atoms. The topological polar surface area (TPSA) is 54.2 Å². The van der Waals surface area contributed by atoms with Gasteiger partial charge in [0.2, 0.25) is 0 Å². The standard InChI is InChI=1S/C15H20N4OS/c1-4-11(16-7-1)12-5-2-8-19(12)10-14-17-15(20-18-14)13-6-3-9-21-13/h3,6,9,11-12,16H,1-2,4-5,7-8,10H2. The van der Waals surface area contributed by atoms with Crippen LogP contribution in [0.15, 0.2) is 22.0 Å². The van der Waals surface area contributed by atoms with Gasteiger partial charge in [-0.3, -0.25) is 4.90 Å². The molecule has 5 nitrogen and oxygen atoms in total. The Hall–Kier alpha value is -1.24. The van der Waals surface area contributed by atoms with Gasteiger partial charge in [-0.05, 0) is 50.2 Å². The molecule has 2 saturated heterocycles. The Kier molecular flexibility index (Phi) is 3.75. The molecule has 1 N–H and O–H groups in total. The minimum atomic E-state index is 0.635. The molecule has 0 amide bonds. The van der Waals surface area contributed by atoms with Crippen molar-refractivity contribution in [2.24, 2.45) is 0 Å². The van der Waals surface area contributed by atoms with Crippen molar-refractivity contribution in [2.75, 3.05) is 13.1 Å². The number of thiophene rings is 1. The molecule has 0 saturated carbocycles. The van der Waals surface area contributed by atoms with Gasteiger partial charge >= 0.3 is 0 Å². The van der Waals surface area contributed by atoms with Gasteiger partial charge in [0.15, 0.2) is 5.82 Å². The molecular formula is C15H20N4OS. The lowest BCUT2D eigenvalue weighted by molar-refractivity contribution is 0.199. The molecule has 2 aromatic rings. The fraction of sp³-hybridized carbons (Fsp3) is 0.600. The molecule has 2 fully saturated rings. The number of nitrogens with one attached hydrogen (secondary N) is 1. The van der Waals surface area contributed by atoms with E-state index >= 15 is 0 Å². The summed E-state index contributed by atoms with van der Waals surface area (Å²) in [5.41, 5.74) is 0. The Morgan fingerprint density at radius 3 is 3.19 bits per heavy atom.